The normalized spacial score (nSPS) is 15.1. The number of ether oxygens (including phenoxy) is 1. The van der Waals surface area contributed by atoms with E-state index in [1.807, 2.05) is 166 Å². The predicted octanol–water partition coefficient (Wildman–Crippen LogP) is 17.7. The summed E-state index contributed by atoms with van der Waals surface area (Å²) in [5.74, 6) is 1.96. The lowest BCUT2D eigenvalue weighted by Gasteiger charge is -2.35. The van der Waals surface area contributed by atoms with Crippen molar-refractivity contribution in [3.05, 3.63) is 216 Å². The molecule has 0 saturated carbocycles. The number of Topliss-reactive ketones (excluding diaryl/α,β-unsaturated/α-hetero) is 4. The Bertz CT molecular complexity index is 4480. The number of likely N-dealkylation sites (tertiary alicyclic amines) is 4. The number of aromatic nitrogens is 3. The Kier molecular flexibility index (Phi) is 32.3. The van der Waals surface area contributed by atoms with Gasteiger partial charge in [-0.15, -0.1) is 0 Å². The molecule has 2 aromatic heterocycles. The number of nitrogens with two attached hydrogens (primary N) is 1. The quantitative estimate of drug-likeness (QED) is 0.0238. The van der Waals surface area contributed by atoms with Crippen LogP contribution in [-0.4, -0.2) is 174 Å². The molecular formula is C89H110F3N11O7. The number of hydrogen-bond donors (Lipinski definition) is 5. The summed E-state index contributed by atoms with van der Waals surface area (Å²) in [5.41, 5.74) is 11.4. The Hall–Kier alpha value is -9.93. The van der Waals surface area contributed by atoms with E-state index in [0.717, 1.165) is 150 Å². The first kappa shape index (κ1) is 84.1. The molecule has 0 radical (unpaired) electrons. The van der Waals surface area contributed by atoms with Gasteiger partial charge in [0.25, 0.3) is 5.91 Å². The van der Waals surface area contributed by atoms with Gasteiger partial charge in [-0.2, -0.15) is 18.3 Å². The van der Waals surface area contributed by atoms with Gasteiger partial charge in [0.2, 0.25) is 0 Å². The topological polar surface area (TPSA) is 228 Å². The van der Waals surface area contributed by atoms with Crippen LogP contribution in [0.4, 0.5) is 29.5 Å². The summed E-state index contributed by atoms with van der Waals surface area (Å²) in [5, 5.41) is 23.6. The van der Waals surface area contributed by atoms with Crippen molar-refractivity contribution in [3.63, 3.8) is 0 Å². The maximum Gasteiger partial charge on any atom is 0.430 e. The highest BCUT2D eigenvalue weighted by Crippen LogP contribution is 2.33. The van der Waals surface area contributed by atoms with Crippen LogP contribution in [0.3, 0.4) is 0 Å². The lowest BCUT2D eigenvalue weighted by molar-refractivity contribution is -0.113. The third kappa shape index (κ3) is 25.0. The molecule has 0 atom stereocenters. The van der Waals surface area contributed by atoms with Crippen LogP contribution < -0.4 is 21.7 Å². The fraction of sp³-hybridized carbons (Fsp3) is 0.416. The zero-order valence-electron chi connectivity index (χ0n) is 63.4. The molecule has 110 heavy (non-hydrogen) atoms. The second-order valence-electron chi connectivity index (χ2n) is 29.1. The first-order valence-corrected chi connectivity index (χ1v) is 38.9. The highest BCUT2D eigenvalue weighted by atomic mass is 19.4. The van der Waals surface area contributed by atoms with E-state index in [-0.39, 0.29) is 48.3 Å². The van der Waals surface area contributed by atoms with Gasteiger partial charge in [-0.1, -0.05) is 162 Å². The van der Waals surface area contributed by atoms with Gasteiger partial charge < -0.3 is 46.0 Å². The Morgan fingerprint density at radius 1 is 0.545 bits per heavy atom. The molecule has 2 amide bonds. The minimum absolute atomic E-state index is 0. The Morgan fingerprint density at radius 2 is 0.982 bits per heavy atom. The van der Waals surface area contributed by atoms with Crippen LogP contribution in [0, 0.1) is 11.8 Å². The van der Waals surface area contributed by atoms with Crippen LogP contribution in [-0.2, 0) is 4.74 Å². The van der Waals surface area contributed by atoms with Gasteiger partial charge in [-0.05, 0) is 196 Å². The van der Waals surface area contributed by atoms with Crippen molar-refractivity contribution >= 4 is 79.0 Å². The van der Waals surface area contributed by atoms with Gasteiger partial charge in [-0.25, -0.2) is 9.78 Å². The second kappa shape index (κ2) is 42.3. The SMILES string of the molecule is C.C=C(N1CCC(CNCCC(=O)c2ccc3ccccc3c2)CC1)C(F)(F)F.CC(C)c1[nH]nc(C(N)=O)c1-c1ccc(C(=O)CCN2CCCCC2)cc1.CCOC(=O)N1CCC(CNCCC(=O)c2ccc3ccccc3c2)CC1.O=C(CCN1CCCCC1)c1ccc2cc(Nc3ccccn3)ccc2c1. The predicted molar refractivity (Wildman–Crippen MR) is 436 cm³/mol. The number of carbonyl (C=O) groups excluding carboxylic acids is 6. The summed E-state index contributed by atoms with van der Waals surface area (Å²) < 4.78 is 43.1. The number of rotatable bonds is 27. The number of amides is 2. The third-order valence-electron chi connectivity index (χ3n) is 20.9. The number of halogens is 3. The van der Waals surface area contributed by atoms with Gasteiger partial charge in [0.05, 0.1) is 6.61 Å². The summed E-state index contributed by atoms with van der Waals surface area (Å²) in [7, 11) is 0. The van der Waals surface area contributed by atoms with Crippen molar-refractivity contribution < 1.29 is 46.7 Å². The van der Waals surface area contributed by atoms with Crippen LogP contribution in [0.5, 0.6) is 0 Å². The number of anilines is 2. The summed E-state index contributed by atoms with van der Waals surface area (Å²) in [4.78, 5) is 85.5. The molecule has 0 bridgehead atoms. The number of nitrogens with one attached hydrogen (secondary N) is 4. The van der Waals surface area contributed by atoms with Crippen LogP contribution in [0.2, 0.25) is 0 Å². The molecule has 4 aliphatic heterocycles. The van der Waals surface area contributed by atoms with E-state index >= 15 is 0 Å². The number of carbonyl (C=O) groups is 6. The summed E-state index contributed by atoms with van der Waals surface area (Å²) in [6.07, 6.45) is 10.2. The number of allylic oxidation sites excluding steroid dienone is 1. The fourth-order valence-corrected chi connectivity index (χ4v) is 14.5. The molecule has 0 unspecified atom stereocenters. The van der Waals surface area contributed by atoms with E-state index in [0.29, 0.717) is 94.3 Å². The Balaban J connectivity index is 0.000000168. The lowest BCUT2D eigenvalue weighted by Crippen LogP contribution is -2.41. The van der Waals surface area contributed by atoms with Gasteiger partial charge in [0, 0.05) is 123 Å². The van der Waals surface area contributed by atoms with Gasteiger partial charge in [0.15, 0.2) is 28.8 Å². The van der Waals surface area contributed by atoms with Crippen molar-refractivity contribution in [1.82, 2.24) is 45.4 Å². The van der Waals surface area contributed by atoms with Crippen molar-refractivity contribution in [2.45, 2.75) is 130 Å². The van der Waals surface area contributed by atoms with Crippen LogP contribution in [0.15, 0.2) is 182 Å². The minimum atomic E-state index is -4.35. The van der Waals surface area contributed by atoms with Crippen LogP contribution in [0.1, 0.15) is 182 Å². The molecular weight excluding hydrogens is 1390 g/mol. The van der Waals surface area contributed by atoms with Crippen LogP contribution >= 0.6 is 0 Å². The molecule has 4 saturated heterocycles. The molecule has 21 heteroatoms. The highest BCUT2D eigenvalue weighted by Gasteiger charge is 2.37. The zero-order valence-corrected chi connectivity index (χ0v) is 63.4. The van der Waals surface area contributed by atoms with Crippen molar-refractivity contribution in [2.75, 3.05) is 104 Å². The van der Waals surface area contributed by atoms with E-state index in [1.165, 1.54) is 43.4 Å². The maximum absolute atomic E-state index is 12.7. The summed E-state index contributed by atoms with van der Waals surface area (Å²) in [6.45, 7) is 20.8. The van der Waals surface area contributed by atoms with Crippen LogP contribution in [0.25, 0.3) is 43.4 Å². The molecule has 4 aliphatic rings. The maximum atomic E-state index is 12.7. The number of H-pyrrole nitrogens is 1. The standard InChI is InChI=1S/C23H25N3O.C22H25F3N2O.C22H28N2O3.C21H28N4O2.CH4/c27-22(11-15-26-13-4-1-5-14-26)20-8-7-19-17-21(10-9-18(19)16-20)25-23-6-2-3-12-24-23;1-16(22(23,24)25)27-12-9-17(10-13-27)15-26-11-8-21(28)20-7-6-18-4-2-3-5-19(18)14-20;1-2-27-22(26)24-13-10-17(11-14-24)16-23-12-9-21(25)20-8-7-18-5-3-4-6-19(18)15-20;1-14(2)19-18(20(21(22)27)24-23-19)16-8-6-15(7-9-16)17(26)10-13-25-11-4-3-5-12-25;/h2-3,6-10,12,16-17H,1,4-5,11,13-15H2,(H,24,25);2-7,14,17,26H,1,8-13,15H2;3-8,15,17,23H,2,9-14,16H2,1H3;6-9,14H,3-5,10-13H2,1-2H3,(H2,22,27)(H,23,24);1H4. The molecule has 9 aromatic rings. The van der Waals surface area contributed by atoms with Crippen molar-refractivity contribution in [1.29, 1.82) is 0 Å². The molecule has 0 spiro atoms. The first-order valence-electron chi connectivity index (χ1n) is 38.9. The number of pyridine rings is 1. The number of benzene rings is 7. The molecule has 18 nitrogen and oxygen atoms in total. The van der Waals surface area contributed by atoms with E-state index in [4.69, 9.17) is 10.5 Å². The zero-order chi connectivity index (χ0) is 77.1. The number of fused-ring (bicyclic) bond motifs is 3. The highest BCUT2D eigenvalue weighted by molar-refractivity contribution is 6.03. The number of aromatic amines is 1. The third-order valence-corrected chi connectivity index (χ3v) is 20.9. The fourth-order valence-electron chi connectivity index (χ4n) is 14.5. The minimum Gasteiger partial charge on any atom is -0.450 e. The average Bonchev–Trinajstić information content (AvgIpc) is 1.64. The molecule has 0 aliphatic carbocycles. The number of piperidine rings is 4. The average molecular weight is 1500 g/mol. The number of ketones is 4. The molecule has 6 N–H and O–H groups in total. The number of nitrogens with zero attached hydrogens (tertiary/aromatic N) is 6. The van der Waals surface area contributed by atoms with Gasteiger partial charge in [-0.3, -0.25) is 29.1 Å². The molecule has 7 aromatic carbocycles. The largest absolute Gasteiger partial charge is 0.450 e. The molecule has 6 heterocycles. The number of hydrogen-bond acceptors (Lipinski definition) is 15. The second-order valence-corrected chi connectivity index (χ2v) is 29.1. The molecule has 13 rings (SSSR count). The first-order chi connectivity index (χ1) is 52.8. The van der Waals surface area contributed by atoms with E-state index in [9.17, 15) is 41.9 Å². The number of alkyl halides is 3. The number of primary amides is 1. The Morgan fingerprint density at radius 3 is 1.45 bits per heavy atom. The molecule has 584 valence electrons. The van der Waals surface area contributed by atoms with Crippen molar-refractivity contribution in [2.24, 2.45) is 17.6 Å². The lowest BCUT2D eigenvalue weighted by atomic mass is 9.95. The van der Waals surface area contributed by atoms with Gasteiger partial charge in [0.1, 0.15) is 11.5 Å². The van der Waals surface area contributed by atoms with E-state index in [1.54, 1.807) is 11.1 Å². The smallest absolute Gasteiger partial charge is 0.430 e. The Labute approximate surface area is 646 Å². The molecule has 4 fully saturated rings. The van der Waals surface area contributed by atoms with E-state index < -0.39 is 17.8 Å². The van der Waals surface area contributed by atoms with E-state index in [2.05, 4.69) is 65.7 Å². The monoisotopic (exact) mass is 1500 g/mol. The summed E-state index contributed by atoms with van der Waals surface area (Å²) >= 11 is 0. The summed E-state index contributed by atoms with van der Waals surface area (Å²) in [6, 6.07) is 53.0. The van der Waals surface area contributed by atoms with Crippen molar-refractivity contribution in [3.8, 4) is 11.1 Å². The van der Waals surface area contributed by atoms with Gasteiger partial charge >= 0.3 is 12.3 Å².